The van der Waals surface area contributed by atoms with Gasteiger partial charge in [-0.25, -0.2) is 9.48 Å². The van der Waals surface area contributed by atoms with Crippen molar-refractivity contribution in [2.24, 2.45) is 7.05 Å². The molecule has 2 N–H and O–H groups in total. The number of para-hydroxylation sites is 1. The molecule has 7 nitrogen and oxygen atoms in total. The summed E-state index contributed by atoms with van der Waals surface area (Å²) < 4.78 is 7.81. The van der Waals surface area contributed by atoms with Crippen molar-refractivity contribution in [3.63, 3.8) is 0 Å². The average molecular weight is 291 g/mol. The summed E-state index contributed by atoms with van der Waals surface area (Å²) in [5.74, 6) is 0. The largest absolute Gasteiger partial charge is 0.447 e. The Morgan fingerprint density at radius 1 is 1.33 bits per heavy atom. The lowest BCUT2D eigenvalue weighted by Crippen LogP contribution is -2.23. The summed E-state index contributed by atoms with van der Waals surface area (Å²) in [6.07, 6.45) is -0.768. The van der Waals surface area contributed by atoms with Gasteiger partial charge in [-0.2, -0.15) is 0 Å². The van der Waals surface area contributed by atoms with Gasteiger partial charge in [0, 0.05) is 7.05 Å². The first kappa shape index (κ1) is 14.9. The first-order valence-corrected chi connectivity index (χ1v) is 6.45. The predicted octanol–water partition coefficient (Wildman–Crippen LogP) is 1.03. The van der Waals surface area contributed by atoms with E-state index >= 15 is 0 Å². The summed E-state index contributed by atoms with van der Waals surface area (Å²) >= 11 is 0. The molecule has 2 aromatic rings. The molecule has 0 saturated heterocycles. The van der Waals surface area contributed by atoms with Crippen molar-refractivity contribution in [3.05, 3.63) is 46.4 Å². The van der Waals surface area contributed by atoms with E-state index < -0.39 is 6.09 Å². The molecule has 1 aromatic carbocycles. The number of hydrogen-bond acceptors (Lipinski definition) is 4. The number of hydrogen-bond donors (Lipinski definition) is 2. The van der Waals surface area contributed by atoms with Gasteiger partial charge < -0.3 is 9.84 Å². The van der Waals surface area contributed by atoms with Crippen LogP contribution in [-0.2, 0) is 11.8 Å². The van der Waals surface area contributed by atoms with E-state index in [0.29, 0.717) is 11.4 Å². The Hall–Kier alpha value is -2.54. The number of aromatic nitrogens is 2. The summed E-state index contributed by atoms with van der Waals surface area (Å²) in [5.41, 5.74) is 1.11. The third-order valence-electron chi connectivity index (χ3n) is 3.11. The van der Waals surface area contributed by atoms with E-state index in [2.05, 4.69) is 5.32 Å². The molecule has 1 amide bonds. The van der Waals surface area contributed by atoms with Crippen LogP contribution < -0.4 is 10.9 Å². The highest BCUT2D eigenvalue weighted by atomic mass is 16.6. The molecule has 1 aromatic heterocycles. The molecule has 21 heavy (non-hydrogen) atoms. The van der Waals surface area contributed by atoms with E-state index in [1.165, 1.54) is 4.68 Å². The van der Waals surface area contributed by atoms with Crippen LogP contribution in [-0.4, -0.2) is 33.8 Å². The second-order valence-electron chi connectivity index (χ2n) is 4.42. The highest BCUT2D eigenvalue weighted by molar-refractivity contribution is 5.85. The van der Waals surface area contributed by atoms with Gasteiger partial charge in [-0.15, -0.1) is 0 Å². The molecule has 0 fully saturated rings. The van der Waals surface area contributed by atoms with E-state index in [0.717, 1.165) is 0 Å². The summed E-state index contributed by atoms with van der Waals surface area (Å²) in [5, 5.41) is 11.0. The second-order valence-corrected chi connectivity index (χ2v) is 4.42. The quantitative estimate of drug-likeness (QED) is 0.881. The number of nitrogens with one attached hydrogen (secondary N) is 1. The van der Waals surface area contributed by atoms with Gasteiger partial charge >= 0.3 is 6.09 Å². The third kappa shape index (κ3) is 2.97. The normalized spacial score (nSPS) is 10.4. The van der Waals surface area contributed by atoms with Crippen molar-refractivity contribution in [3.8, 4) is 5.69 Å². The zero-order valence-electron chi connectivity index (χ0n) is 11.9. The van der Waals surface area contributed by atoms with E-state index in [4.69, 9.17) is 9.84 Å². The zero-order chi connectivity index (χ0) is 15.4. The minimum absolute atomic E-state index is 0.120. The van der Waals surface area contributed by atoms with Gasteiger partial charge in [-0.3, -0.25) is 14.8 Å². The maximum absolute atomic E-state index is 12.4. The Kier molecular flexibility index (Phi) is 4.44. The molecule has 0 bridgehead atoms. The highest BCUT2D eigenvalue weighted by Gasteiger charge is 2.18. The maximum Gasteiger partial charge on any atom is 0.411 e. The number of carbonyl (C=O) groups excluding carboxylic acids is 1. The van der Waals surface area contributed by atoms with Crippen LogP contribution in [0.2, 0.25) is 0 Å². The molecule has 0 unspecified atom stereocenters. The molecule has 0 aliphatic carbocycles. The minimum Gasteiger partial charge on any atom is -0.447 e. The van der Waals surface area contributed by atoms with Crippen molar-refractivity contribution in [2.45, 2.75) is 6.92 Å². The van der Waals surface area contributed by atoms with Crippen molar-refractivity contribution >= 4 is 11.8 Å². The number of rotatable bonds is 4. The third-order valence-corrected chi connectivity index (χ3v) is 3.11. The minimum atomic E-state index is -0.768. The van der Waals surface area contributed by atoms with Crippen LogP contribution in [0.5, 0.6) is 0 Å². The SMILES string of the molecule is Cc1c(NC(=O)OCCO)c(=O)n(-c2ccccc2)n1C. The van der Waals surface area contributed by atoms with Gasteiger partial charge in [0.2, 0.25) is 0 Å². The van der Waals surface area contributed by atoms with Gasteiger partial charge in [-0.1, -0.05) is 18.2 Å². The lowest BCUT2D eigenvalue weighted by molar-refractivity contribution is 0.131. The molecule has 0 aliphatic rings. The number of benzene rings is 1. The van der Waals surface area contributed by atoms with E-state index in [1.807, 2.05) is 18.2 Å². The van der Waals surface area contributed by atoms with Crippen molar-refractivity contribution in [2.75, 3.05) is 18.5 Å². The molecule has 0 atom stereocenters. The van der Waals surface area contributed by atoms with Gasteiger partial charge in [-0.05, 0) is 19.1 Å². The van der Waals surface area contributed by atoms with Crippen LogP contribution in [0.15, 0.2) is 35.1 Å². The number of nitrogens with zero attached hydrogens (tertiary/aromatic N) is 2. The monoisotopic (exact) mass is 291 g/mol. The number of amides is 1. The van der Waals surface area contributed by atoms with Crippen LogP contribution in [0, 0.1) is 6.92 Å². The fourth-order valence-electron chi connectivity index (χ4n) is 1.99. The Morgan fingerprint density at radius 2 is 2.00 bits per heavy atom. The summed E-state index contributed by atoms with van der Waals surface area (Å²) in [6, 6.07) is 9.11. The summed E-state index contributed by atoms with van der Waals surface area (Å²) in [6.45, 7) is 1.34. The molecule has 0 aliphatic heterocycles. The summed E-state index contributed by atoms with van der Waals surface area (Å²) in [4.78, 5) is 24.0. The van der Waals surface area contributed by atoms with Gasteiger partial charge in [0.15, 0.2) is 0 Å². The summed E-state index contributed by atoms with van der Waals surface area (Å²) in [7, 11) is 1.73. The van der Waals surface area contributed by atoms with Gasteiger partial charge in [0.1, 0.15) is 12.3 Å². The fourth-order valence-corrected chi connectivity index (χ4v) is 1.99. The van der Waals surface area contributed by atoms with Gasteiger partial charge in [0.25, 0.3) is 5.56 Å². The van der Waals surface area contributed by atoms with Crippen LogP contribution in [0.1, 0.15) is 5.69 Å². The Bertz CT molecular complexity index is 688. The molecule has 0 radical (unpaired) electrons. The average Bonchev–Trinajstić information content (AvgIpc) is 2.70. The fraction of sp³-hybridized carbons (Fsp3) is 0.286. The number of aliphatic hydroxyl groups excluding tert-OH is 1. The Labute approximate surface area is 121 Å². The standard InChI is InChI=1S/C14H17N3O4/c1-10-12(15-14(20)21-9-8-18)13(19)17(16(10)2)11-6-4-3-5-7-11/h3-7,18H,8-9H2,1-2H3,(H,15,20). The Morgan fingerprint density at radius 3 is 2.62 bits per heavy atom. The molecule has 0 spiro atoms. The van der Waals surface area contributed by atoms with E-state index in [9.17, 15) is 9.59 Å². The number of aliphatic hydroxyl groups is 1. The molecule has 1 heterocycles. The highest BCUT2D eigenvalue weighted by Crippen LogP contribution is 2.13. The molecular formula is C14H17N3O4. The molecular weight excluding hydrogens is 274 g/mol. The molecule has 2 rings (SSSR count). The lowest BCUT2D eigenvalue weighted by Gasteiger charge is -2.07. The smallest absolute Gasteiger partial charge is 0.411 e. The van der Waals surface area contributed by atoms with E-state index in [1.54, 1.807) is 30.8 Å². The second kappa shape index (κ2) is 6.27. The van der Waals surface area contributed by atoms with Crippen LogP contribution >= 0.6 is 0 Å². The first-order chi connectivity index (χ1) is 10.1. The lowest BCUT2D eigenvalue weighted by atomic mass is 10.3. The van der Waals surface area contributed by atoms with Crippen LogP contribution in [0.3, 0.4) is 0 Å². The maximum atomic E-state index is 12.4. The number of carbonyl (C=O) groups is 1. The van der Waals surface area contributed by atoms with E-state index in [-0.39, 0.29) is 24.5 Å². The molecule has 0 saturated carbocycles. The topological polar surface area (TPSA) is 85.5 Å². The van der Waals surface area contributed by atoms with Crippen LogP contribution in [0.4, 0.5) is 10.5 Å². The van der Waals surface area contributed by atoms with Crippen molar-refractivity contribution in [1.29, 1.82) is 0 Å². The molecule has 7 heteroatoms. The number of ether oxygens (including phenoxy) is 1. The number of anilines is 1. The van der Waals surface area contributed by atoms with Crippen molar-refractivity contribution < 1.29 is 14.6 Å². The van der Waals surface area contributed by atoms with Crippen LogP contribution in [0.25, 0.3) is 5.69 Å². The zero-order valence-corrected chi connectivity index (χ0v) is 11.9. The van der Waals surface area contributed by atoms with Crippen molar-refractivity contribution in [1.82, 2.24) is 9.36 Å². The predicted molar refractivity (Wildman–Crippen MR) is 77.8 cm³/mol. The van der Waals surface area contributed by atoms with Gasteiger partial charge in [0.05, 0.1) is 18.0 Å². The molecule has 112 valence electrons. The Balaban J connectivity index is 2.37. The first-order valence-electron chi connectivity index (χ1n) is 6.45.